The van der Waals surface area contributed by atoms with Crippen LogP contribution in [-0.2, 0) is 16.1 Å². The van der Waals surface area contributed by atoms with Crippen molar-refractivity contribution in [3.05, 3.63) is 46.5 Å². The van der Waals surface area contributed by atoms with Crippen LogP contribution in [0, 0.1) is 11.6 Å². The second kappa shape index (κ2) is 8.96. The maximum absolute atomic E-state index is 13.6. The minimum atomic E-state index is -1.08. The molecule has 0 aliphatic carbocycles. The van der Waals surface area contributed by atoms with Gasteiger partial charge in [0.05, 0.1) is 12.5 Å². The van der Waals surface area contributed by atoms with Gasteiger partial charge < -0.3 is 21.1 Å². The Bertz CT molecular complexity index is 852. The maximum Gasteiger partial charge on any atom is 0.407 e. The zero-order valence-electron chi connectivity index (χ0n) is 15.7. The van der Waals surface area contributed by atoms with Gasteiger partial charge in [-0.15, -0.1) is 11.3 Å². The molecule has 0 radical (unpaired) electrons. The molecule has 2 aromatic rings. The number of anilines is 1. The predicted octanol–water partition coefficient (Wildman–Crippen LogP) is 2.93. The Morgan fingerprint density at radius 1 is 1.25 bits per heavy atom. The Morgan fingerprint density at radius 2 is 1.96 bits per heavy atom. The lowest BCUT2D eigenvalue weighted by molar-refractivity contribution is -0.122. The van der Waals surface area contributed by atoms with E-state index in [4.69, 9.17) is 10.5 Å². The Kier molecular flexibility index (Phi) is 6.90. The number of benzene rings is 1. The fourth-order valence-electron chi connectivity index (χ4n) is 2.29. The summed E-state index contributed by atoms with van der Waals surface area (Å²) < 4.78 is 32.0. The molecule has 0 bridgehead atoms. The average molecular weight is 412 g/mol. The van der Waals surface area contributed by atoms with Crippen molar-refractivity contribution in [3.8, 4) is 0 Å². The van der Waals surface area contributed by atoms with Gasteiger partial charge >= 0.3 is 6.09 Å². The maximum atomic E-state index is 13.6. The van der Waals surface area contributed by atoms with E-state index in [9.17, 15) is 18.4 Å². The Labute approximate surface area is 165 Å². The number of amides is 2. The minimum Gasteiger partial charge on any atom is -0.444 e. The summed E-state index contributed by atoms with van der Waals surface area (Å²) in [6.45, 7) is 5.11. The number of rotatable bonds is 6. The van der Waals surface area contributed by atoms with Crippen molar-refractivity contribution >= 4 is 28.5 Å². The van der Waals surface area contributed by atoms with Crippen molar-refractivity contribution in [2.45, 2.75) is 38.8 Å². The zero-order valence-corrected chi connectivity index (χ0v) is 16.5. The summed E-state index contributed by atoms with van der Waals surface area (Å²) in [7, 11) is 0. The Balaban J connectivity index is 2.11. The highest BCUT2D eigenvalue weighted by atomic mass is 32.1. The molecular formula is C18H22F2N4O3S. The Morgan fingerprint density at radius 3 is 2.54 bits per heavy atom. The van der Waals surface area contributed by atoms with Gasteiger partial charge in [-0.25, -0.2) is 18.6 Å². The minimum absolute atomic E-state index is 0.156. The first-order chi connectivity index (χ1) is 13.0. The van der Waals surface area contributed by atoms with Crippen molar-refractivity contribution in [2.75, 3.05) is 12.3 Å². The number of nitrogen functional groups attached to an aromatic ring is 1. The SMILES string of the molecule is CC(C)(C)OC(=O)NC[C@H](C(=O)NCc1cnc(N)s1)c1ccc(F)c(F)c1. The fraction of sp³-hybridized carbons (Fsp3) is 0.389. The summed E-state index contributed by atoms with van der Waals surface area (Å²) in [5.41, 5.74) is 5.06. The van der Waals surface area contributed by atoms with E-state index in [0.29, 0.717) is 5.13 Å². The molecule has 4 N–H and O–H groups in total. The highest BCUT2D eigenvalue weighted by Crippen LogP contribution is 2.20. The lowest BCUT2D eigenvalue weighted by Gasteiger charge is -2.22. The molecule has 1 heterocycles. The summed E-state index contributed by atoms with van der Waals surface area (Å²) in [5, 5.41) is 5.54. The molecule has 0 fully saturated rings. The number of hydrogen-bond donors (Lipinski definition) is 3. The predicted molar refractivity (Wildman–Crippen MR) is 102 cm³/mol. The second-order valence-electron chi connectivity index (χ2n) is 6.99. The molecule has 0 spiro atoms. The van der Waals surface area contributed by atoms with Crippen LogP contribution in [0.15, 0.2) is 24.4 Å². The van der Waals surface area contributed by atoms with Crippen LogP contribution in [-0.4, -0.2) is 29.1 Å². The second-order valence-corrected chi connectivity index (χ2v) is 8.14. The van der Waals surface area contributed by atoms with E-state index in [1.54, 1.807) is 20.8 Å². The summed E-state index contributed by atoms with van der Waals surface area (Å²) >= 11 is 1.22. The van der Waals surface area contributed by atoms with Crippen LogP contribution in [0.25, 0.3) is 0 Å². The average Bonchev–Trinajstić information content (AvgIpc) is 3.00. The van der Waals surface area contributed by atoms with Gasteiger partial charge in [0, 0.05) is 17.6 Å². The van der Waals surface area contributed by atoms with Crippen LogP contribution >= 0.6 is 11.3 Å². The lowest BCUT2D eigenvalue weighted by atomic mass is 9.97. The number of hydrogen-bond acceptors (Lipinski definition) is 6. The molecule has 28 heavy (non-hydrogen) atoms. The number of nitrogens with zero attached hydrogens (tertiary/aromatic N) is 1. The van der Waals surface area contributed by atoms with Crippen molar-refractivity contribution in [1.29, 1.82) is 0 Å². The normalized spacial score (nSPS) is 12.3. The summed E-state index contributed by atoms with van der Waals surface area (Å²) in [4.78, 5) is 29.2. The van der Waals surface area contributed by atoms with Crippen LogP contribution in [0.1, 0.15) is 37.1 Å². The number of carbonyl (C=O) groups is 2. The van der Waals surface area contributed by atoms with Gasteiger partial charge in [-0.2, -0.15) is 0 Å². The standard InChI is InChI=1S/C18H22F2N4O3S/c1-18(2,3)27-17(26)24-9-12(10-4-5-13(19)14(20)6-10)15(25)22-7-11-8-23-16(21)28-11/h4-6,8,12H,7,9H2,1-3H3,(H2,21,23)(H,22,25)(H,24,26)/t12-/m0/s1. The summed E-state index contributed by atoms with van der Waals surface area (Å²) in [5.74, 6) is -3.53. The van der Waals surface area contributed by atoms with Gasteiger partial charge in [-0.3, -0.25) is 4.79 Å². The van der Waals surface area contributed by atoms with Gasteiger partial charge in [-0.1, -0.05) is 6.07 Å². The molecule has 7 nitrogen and oxygen atoms in total. The first-order valence-corrected chi connectivity index (χ1v) is 9.26. The molecule has 152 valence electrons. The quantitative estimate of drug-likeness (QED) is 0.676. The fourth-order valence-corrected chi connectivity index (χ4v) is 2.92. The zero-order chi connectivity index (χ0) is 20.9. The lowest BCUT2D eigenvalue weighted by Crippen LogP contribution is -2.39. The molecular weight excluding hydrogens is 390 g/mol. The molecule has 0 aliphatic rings. The van der Waals surface area contributed by atoms with E-state index < -0.39 is 35.2 Å². The summed E-state index contributed by atoms with van der Waals surface area (Å²) in [6.07, 6.45) is 0.814. The monoisotopic (exact) mass is 412 g/mol. The number of carbonyl (C=O) groups excluding carboxylic acids is 2. The molecule has 1 aromatic heterocycles. The van der Waals surface area contributed by atoms with Crippen LogP contribution in [0.2, 0.25) is 0 Å². The number of alkyl carbamates (subject to hydrolysis) is 1. The van der Waals surface area contributed by atoms with Crippen LogP contribution in [0.5, 0.6) is 0 Å². The third kappa shape index (κ3) is 6.45. The van der Waals surface area contributed by atoms with Crippen LogP contribution in [0.3, 0.4) is 0 Å². The summed E-state index contributed by atoms with van der Waals surface area (Å²) in [6, 6.07) is 3.16. The molecule has 2 amide bonds. The van der Waals surface area contributed by atoms with E-state index in [2.05, 4.69) is 15.6 Å². The molecule has 1 aromatic carbocycles. The van der Waals surface area contributed by atoms with E-state index in [0.717, 1.165) is 17.0 Å². The number of aromatic nitrogens is 1. The molecule has 0 unspecified atom stereocenters. The van der Waals surface area contributed by atoms with E-state index >= 15 is 0 Å². The van der Waals surface area contributed by atoms with Crippen LogP contribution < -0.4 is 16.4 Å². The first kappa shape index (κ1) is 21.5. The van der Waals surface area contributed by atoms with Crippen molar-refractivity contribution in [2.24, 2.45) is 0 Å². The first-order valence-electron chi connectivity index (χ1n) is 8.45. The molecule has 1 atom stereocenters. The van der Waals surface area contributed by atoms with E-state index in [-0.39, 0.29) is 18.7 Å². The van der Waals surface area contributed by atoms with Crippen molar-refractivity contribution in [1.82, 2.24) is 15.6 Å². The topological polar surface area (TPSA) is 106 Å². The van der Waals surface area contributed by atoms with Gasteiger partial charge in [-0.05, 0) is 38.5 Å². The third-order valence-electron chi connectivity index (χ3n) is 3.52. The van der Waals surface area contributed by atoms with E-state index in [1.807, 2.05) is 0 Å². The Hall–Kier alpha value is -2.75. The number of nitrogens with one attached hydrogen (secondary N) is 2. The number of thiazole rings is 1. The van der Waals surface area contributed by atoms with Crippen molar-refractivity contribution in [3.63, 3.8) is 0 Å². The van der Waals surface area contributed by atoms with Crippen molar-refractivity contribution < 1.29 is 23.1 Å². The molecule has 10 heteroatoms. The highest BCUT2D eigenvalue weighted by Gasteiger charge is 2.24. The molecule has 0 saturated carbocycles. The largest absolute Gasteiger partial charge is 0.444 e. The molecule has 0 saturated heterocycles. The van der Waals surface area contributed by atoms with Gasteiger partial charge in [0.15, 0.2) is 16.8 Å². The highest BCUT2D eigenvalue weighted by molar-refractivity contribution is 7.15. The number of nitrogens with two attached hydrogens (primary N) is 1. The van der Waals surface area contributed by atoms with Crippen LogP contribution in [0.4, 0.5) is 18.7 Å². The number of ether oxygens (including phenoxy) is 1. The molecule has 2 rings (SSSR count). The third-order valence-corrected chi connectivity index (χ3v) is 4.35. The smallest absolute Gasteiger partial charge is 0.407 e. The van der Waals surface area contributed by atoms with E-state index in [1.165, 1.54) is 23.6 Å². The van der Waals surface area contributed by atoms with Gasteiger partial charge in [0.25, 0.3) is 0 Å². The van der Waals surface area contributed by atoms with Gasteiger partial charge in [0.2, 0.25) is 5.91 Å². The van der Waals surface area contributed by atoms with Gasteiger partial charge in [0.1, 0.15) is 5.60 Å². The number of halogens is 2. The molecule has 0 aliphatic heterocycles.